The van der Waals surface area contributed by atoms with E-state index in [9.17, 15) is 0 Å². The molecule has 0 spiro atoms. The molecule has 0 radical (unpaired) electrons. The van der Waals surface area contributed by atoms with Crippen LogP contribution in [0.1, 0.15) is 12.5 Å². The summed E-state index contributed by atoms with van der Waals surface area (Å²) in [4.78, 5) is 0. The van der Waals surface area contributed by atoms with Crippen LogP contribution >= 0.6 is 27.5 Å². The van der Waals surface area contributed by atoms with Crippen LogP contribution in [0.2, 0.25) is 5.02 Å². The molecule has 54 valence electrons. The van der Waals surface area contributed by atoms with Crippen molar-refractivity contribution in [2.24, 2.45) is 0 Å². The number of rotatable bonds is 1. The molecule has 0 aliphatic heterocycles. The van der Waals surface area contributed by atoms with Crippen LogP contribution < -0.4 is 0 Å². The molecular formula is C8H8BrCl. The van der Waals surface area contributed by atoms with Gasteiger partial charge >= 0.3 is 0 Å². The van der Waals surface area contributed by atoms with Crippen molar-refractivity contribution < 1.29 is 0 Å². The summed E-state index contributed by atoms with van der Waals surface area (Å²) in [6, 6.07) is 5.86. The lowest BCUT2D eigenvalue weighted by molar-refractivity contribution is 1.13. The number of benzene rings is 1. The molecule has 0 N–H and O–H groups in total. The molecule has 1 aromatic rings. The highest BCUT2D eigenvalue weighted by Crippen LogP contribution is 2.21. The predicted octanol–water partition coefficient (Wildman–Crippen LogP) is 3.66. The van der Waals surface area contributed by atoms with E-state index in [4.69, 9.17) is 11.6 Å². The fourth-order valence-corrected chi connectivity index (χ4v) is 1.77. The van der Waals surface area contributed by atoms with Crippen LogP contribution in [0.25, 0.3) is 0 Å². The van der Waals surface area contributed by atoms with Crippen molar-refractivity contribution in [3.8, 4) is 0 Å². The van der Waals surface area contributed by atoms with Gasteiger partial charge in [0.05, 0.1) is 0 Å². The lowest BCUT2D eigenvalue weighted by atomic mass is 10.2. The standard InChI is InChI=1S/C8H8BrCl/c1-2-6-3-4-7(10)5-8(6)9/h3-5H,2H2,1H3. The molecule has 10 heavy (non-hydrogen) atoms. The Hall–Kier alpha value is -0.0100. The van der Waals surface area contributed by atoms with E-state index in [0.29, 0.717) is 0 Å². The third kappa shape index (κ3) is 1.74. The molecule has 0 amide bonds. The lowest BCUT2D eigenvalue weighted by Gasteiger charge is -1.99. The van der Waals surface area contributed by atoms with Gasteiger partial charge in [0.2, 0.25) is 0 Å². The summed E-state index contributed by atoms with van der Waals surface area (Å²) >= 11 is 9.17. The van der Waals surface area contributed by atoms with E-state index in [0.717, 1.165) is 15.9 Å². The first-order valence-electron chi connectivity index (χ1n) is 3.18. The third-order valence-corrected chi connectivity index (χ3v) is 2.37. The molecule has 0 nitrogen and oxygen atoms in total. The Balaban J connectivity index is 3.07. The average Bonchev–Trinajstić information content (AvgIpc) is 1.88. The van der Waals surface area contributed by atoms with Gasteiger partial charge in [0, 0.05) is 9.50 Å². The van der Waals surface area contributed by atoms with Crippen molar-refractivity contribution in [3.63, 3.8) is 0 Å². The molecule has 0 bridgehead atoms. The largest absolute Gasteiger partial charge is 0.0843 e. The van der Waals surface area contributed by atoms with Crippen LogP contribution in [0.3, 0.4) is 0 Å². The third-order valence-electron chi connectivity index (χ3n) is 1.40. The molecule has 0 saturated carbocycles. The molecule has 0 saturated heterocycles. The van der Waals surface area contributed by atoms with E-state index in [2.05, 4.69) is 22.9 Å². The highest BCUT2D eigenvalue weighted by atomic mass is 79.9. The van der Waals surface area contributed by atoms with Crippen LogP contribution in [0.4, 0.5) is 0 Å². The summed E-state index contributed by atoms with van der Waals surface area (Å²) < 4.78 is 1.10. The van der Waals surface area contributed by atoms with Gasteiger partial charge in [0.25, 0.3) is 0 Å². The molecular weight excluding hydrogens is 211 g/mol. The summed E-state index contributed by atoms with van der Waals surface area (Å²) in [5, 5.41) is 0.782. The maximum atomic E-state index is 5.74. The number of hydrogen-bond donors (Lipinski definition) is 0. The number of aryl methyl sites for hydroxylation is 1. The molecule has 0 aromatic heterocycles. The van der Waals surface area contributed by atoms with Crippen molar-refractivity contribution in [1.82, 2.24) is 0 Å². The van der Waals surface area contributed by atoms with Crippen LogP contribution in [0, 0.1) is 0 Å². The number of hydrogen-bond acceptors (Lipinski definition) is 0. The summed E-state index contributed by atoms with van der Waals surface area (Å²) in [5.41, 5.74) is 1.30. The summed E-state index contributed by atoms with van der Waals surface area (Å²) in [6.45, 7) is 2.12. The second-order valence-electron chi connectivity index (χ2n) is 2.09. The Labute approximate surface area is 74.3 Å². The SMILES string of the molecule is CCc1ccc(Cl)cc1Br. The van der Waals surface area contributed by atoms with E-state index in [-0.39, 0.29) is 0 Å². The molecule has 0 unspecified atom stereocenters. The first-order valence-corrected chi connectivity index (χ1v) is 4.35. The Kier molecular flexibility index (Phi) is 2.75. The van der Waals surface area contributed by atoms with Gasteiger partial charge in [0.1, 0.15) is 0 Å². The predicted molar refractivity (Wildman–Crippen MR) is 48.5 cm³/mol. The Bertz CT molecular complexity index is 233. The highest BCUT2D eigenvalue weighted by Gasteiger charge is 1.96. The monoisotopic (exact) mass is 218 g/mol. The van der Waals surface area contributed by atoms with Gasteiger partial charge in [-0.05, 0) is 24.1 Å². The normalized spacial score (nSPS) is 9.90. The second-order valence-corrected chi connectivity index (χ2v) is 3.38. The zero-order valence-corrected chi connectivity index (χ0v) is 8.04. The van der Waals surface area contributed by atoms with Crippen LogP contribution in [0.5, 0.6) is 0 Å². The minimum atomic E-state index is 0.782. The van der Waals surface area contributed by atoms with E-state index in [1.165, 1.54) is 5.56 Å². The van der Waals surface area contributed by atoms with E-state index >= 15 is 0 Å². The Morgan fingerprint density at radius 2 is 2.20 bits per heavy atom. The van der Waals surface area contributed by atoms with Gasteiger partial charge in [-0.25, -0.2) is 0 Å². The lowest BCUT2D eigenvalue weighted by Crippen LogP contribution is -1.80. The van der Waals surface area contributed by atoms with Crippen molar-refractivity contribution in [2.45, 2.75) is 13.3 Å². The van der Waals surface area contributed by atoms with Crippen molar-refractivity contribution >= 4 is 27.5 Å². The van der Waals surface area contributed by atoms with Crippen LogP contribution in [-0.4, -0.2) is 0 Å². The van der Waals surface area contributed by atoms with E-state index in [1.54, 1.807) is 0 Å². The van der Waals surface area contributed by atoms with Crippen LogP contribution in [-0.2, 0) is 6.42 Å². The molecule has 1 rings (SSSR count). The molecule has 0 aliphatic carbocycles. The number of halogens is 2. The van der Waals surface area contributed by atoms with Gasteiger partial charge in [-0.3, -0.25) is 0 Å². The van der Waals surface area contributed by atoms with Crippen molar-refractivity contribution in [3.05, 3.63) is 33.3 Å². The average molecular weight is 220 g/mol. The molecule has 0 heterocycles. The summed E-state index contributed by atoms with van der Waals surface area (Å²) in [7, 11) is 0. The van der Waals surface area contributed by atoms with Crippen LogP contribution in [0.15, 0.2) is 22.7 Å². The van der Waals surface area contributed by atoms with Crippen molar-refractivity contribution in [2.75, 3.05) is 0 Å². The smallest absolute Gasteiger partial charge is 0.0417 e. The highest BCUT2D eigenvalue weighted by molar-refractivity contribution is 9.10. The zero-order chi connectivity index (χ0) is 7.56. The van der Waals surface area contributed by atoms with Gasteiger partial charge in [-0.15, -0.1) is 0 Å². The second kappa shape index (κ2) is 3.40. The van der Waals surface area contributed by atoms with Gasteiger partial charge < -0.3 is 0 Å². The van der Waals surface area contributed by atoms with E-state index in [1.807, 2.05) is 18.2 Å². The topological polar surface area (TPSA) is 0 Å². The Morgan fingerprint density at radius 1 is 1.50 bits per heavy atom. The molecule has 1 aromatic carbocycles. The first-order chi connectivity index (χ1) is 4.74. The molecule has 0 atom stereocenters. The zero-order valence-electron chi connectivity index (χ0n) is 5.70. The minimum absolute atomic E-state index is 0.782. The van der Waals surface area contributed by atoms with Crippen molar-refractivity contribution in [1.29, 1.82) is 0 Å². The molecule has 0 aliphatic rings. The van der Waals surface area contributed by atoms with E-state index < -0.39 is 0 Å². The molecule has 2 heteroatoms. The maximum Gasteiger partial charge on any atom is 0.0417 e. The van der Waals surface area contributed by atoms with Gasteiger partial charge in [-0.1, -0.05) is 40.5 Å². The quantitative estimate of drug-likeness (QED) is 0.676. The Morgan fingerprint density at radius 3 is 2.70 bits per heavy atom. The first kappa shape index (κ1) is 8.09. The fraction of sp³-hybridized carbons (Fsp3) is 0.250. The fourth-order valence-electron chi connectivity index (χ4n) is 0.808. The molecule has 0 fully saturated rings. The van der Waals surface area contributed by atoms with Gasteiger partial charge in [0.15, 0.2) is 0 Å². The maximum absolute atomic E-state index is 5.74. The van der Waals surface area contributed by atoms with Gasteiger partial charge in [-0.2, -0.15) is 0 Å². The summed E-state index contributed by atoms with van der Waals surface area (Å²) in [6.07, 6.45) is 1.04. The minimum Gasteiger partial charge on any atom is -0.0843 e. The summed E-state index contributed by atoms with van der Waals surface area (Å²) in [5.74, 6) is 0.